The van der Waals surface area contributed by atoms with E-state index in [0.717, 1.165) is 32.2 Å². The highest BCUT2D eigenvalue weighted by molar-refractivity contribution is 5.85. The first-order chi connectivity index (χ1) is 6.53. The summed E-state index contributed by atoms with van der Waals surface area (Å²) in [5.74, 6) is 0.358. The van der Waals surface area contributed by atoms with Crippen LogP contribution in [-0.2, 0) is 4.79 Å². The first kappa shape index (κ1) is 9.97. The van der Waals surface area contributed by atoms with Gasteiger partial charge in [0.25, 0.3) is 0 Å². The first-order valence-corrected chi connectivity index (χ1v) is 5.59. The van der Waals surface area contributed by atoms with Crippen molar-refractivity contribution in [2.45, 2.75) is 51.6 Å². The van der Waals surface area contributed by atoms with Crippen molar-refractivity contribution in [3.8, 4) is 0 Å². The van der Waals surface area contributed by atoms with Crippen LogP contribution in [0.2, 0.25) is 0 Å². The van der Waals surface area contributed by atoms with E-state index < -0.39 is 0 Å². The van der Waals surface area contributed by atoms with Crippen LogP contribution in [0.5, 0.6) is 0 Å². The molecule has 2 unspecified atom stereocenters. The lowest BCUT2D eigenvalue weighted by Crippen LogP contribution is -2.50. The molecule has 3 nitrogen and oxygen atoms in total. The molecule has 2 N–H and O–H groups in total. The number of carbonyl (C=O) groups is 1. The molecule has 80 valence electrons. The number of hydrogen-bond donors (Lipinski definition) is 1. The van der Waals surface area contributed by atoms with Crippen molar-refractivity contribution >= 4 is 5.91 Å². The molecular weight excluding hydrogens is 176 g/mol. The zero-order valence-corrected chi connectivity index (χ0v) is 9.12. The van der Waals surface area contributed by atoms with E-state index in [1.165, 1.54) is 0 Å². The maximum Gasteiger partial charge on any atom is 0.228 e. The molecule has 1 saturated heterocycles. The summed E-state index contributed by atoms with van der Waals surface area (Å²) in [6.07, 6.45) is 4.07. The van der Waals surface area contributed by atoms with E-state index >= 15 is 0 Å². The molecule has 1 aliphatic carbocycles. The molecule has 1 aliphatic heterocycles. The molecule has 0 aromatic rings. The van der Waals surface area contributed by atoms with E-state index in [9.17, 15) is 4.79 Å². The van der Waals surface area contributed by atoms with Crippen molar-refractivity contribution in [1.29, 1.82) is 0 Å². The van der Waals surface area contributed by atoms with Crippen LogP contribution in [0.25, 0.3) is 0 Å². The van der Waals surface area contributed by atoms with Gasteiger partial charge in [-0.2, -0.15) is 0 Å². The van der Waals surface area contributed by atoms with E-state index in [2.05, 4.69) is 13.8 Å². The Bertz CT molecular complexity index is 248. The topological polar surface area (TPSA) is 46.3 Å². The summed E-state index contributed by atoms with van der Waals surface area (Å²) in [7, 11) is 0. The van der Waals surface area contributed by atoms with Crippen molar-refractivity contribution in [3.63, 3.8) is 0 Å². The lowest BCUT2D eigenvalue weighted by atomic mass is 9.96. The molecule has 1 saturated carbocycles. The minimum Gasteiger partial charge on any atom is -0.339 e. The van der Waals surface area contributed by atoms with Crippen LogP contribution in [0.15, 0.2) is 0 Å². The minimum absolute atomic E-state index is 0.0182. The summed E-state index contributed by atoms with van der Waals surface area (Å²) in [6, 6.07) is 0.629. The van der Waals surface area contributed by atoms with Crippen molar-refractivity contribution in [1.82, 2.24) is 4.90 Å². The van der Waals surface area contributed by atoms with E-state index in [0.29, 0.717) is 18.0 Å². The minimum atomic E-state index is -0.0182. The van der Waals surface area contributed by atoms with Crippen LogP contribution < -0.4 is 5.73 Å². The second-order valence-electron chi connectivity index (χ2n) is 5.19. The number of nitrogens with two attached hydrogens (primary N) is 1. The van der Waals surface area contributed by atoms with Crippen molar-refractivity contribution in [2.24, 2.45) is 11.1 Å². The van der Waals surface area contributed by atoms with Crippen LogP contribution in [0.4, 0.5) is 0 Å². The number of amides is 1. The Hall–Kier alpha value is -0.570. The predicted octanol–water partition coefficient (Wildman–Crippen LogP) is 1.12. The quantitative estimate of drug-likeness (QED) is 0.683. The van der Waals surface area contributed by atoms with Gasteiger partial charge in [0, 0.05) is 24.0 Å². The Morgan fingerprint density at radius 2 is 2.14 bits per heavy atom. The van der Waals surface area contributed by atoms with Crippen LogP contribution >= 0.6 is 0 Å². The van der Waals surface area contributed by atoms with E-state index in [-0.39, 0.29) is 5.41 Å². The van der Waals surface area contributed by atoms with Gasteiger partial charge in [-0.3, -0.25) is 4.79 Å². The summed E-state index contributed by atoms with van der Waals surface area (Å²) in [5.41, 5.74) is 5.86. The molecule has 0 bridgehead atoms. The molecule has 14 heavy (non-hydrogen) atoms. The van der Waals surface area contributed by atoms with Crippen molar-refractivity contribution < 1.29 is 4.79 Å². The van der Waals surface area contributed by atoms with Gasteiger partial charge in [-0.1, -0.05) is 6.92 Å². The number of hydrogen-bond acceptors (Lipinski definition) is 2. The van der Waals surface area contributed by atoms with Gasteiger partial charge in [0.1, 0.15) is 0 Å². The third-order valence-corrected chi connectivity index (χ3v) is 3.69. The fraction of sp³-hybridized carbons (Fsp3) is 0.909. The van der Waals surface area contributed by atoms with Crippen LogP contribution in [0, 0.1) is 5.41 Å². The molecule has 0 aromatic heterocycles. The molecule has 2 fully saturated rings. The van der Waals surface area contributed by atoms with E-state index in [1.807, 2.05) is 4.90 Å². The molecule has 3 heteroatoms. The molecule has 0 radical (unpaired) electrons. The van der Waals surface area contributed by atoms with Gasteiger partial charge in [0.05, 0.1) is 0 Å². The summed E-state index contributed by atoms with van der Waals surface area (Å²) in [6.45, 7) is 5.05. The zero-order chi connectivity index (χ0) is 10.3. The Labute approximate surface area is 85.6 Å². The number of rotatable bonds is 1. The Balaban J connectivity index is 2.00. The molecular formula is C11H20N2O. The normalized spacial score (nSPS) is 35.5. The van der Waals surface area contributed by atoms with E-state index in [1.54, 1.807) is 0 Å². The average molecular weight is 196 g/mol. The summed E-state index contributed by atoms with van der Waals surface area (Å²) in [4.78, 5) is 14.1. The van der Waals surface area contributed by atoms with Crippen molar-refractivity contribution in [3.05, 3.63) is 0 Å². The average Bonchev–Trinajstić information content (AvgIpc) is 2.84. The third kappa shape index (κ3) is 1.65. The largest absolute Gasteiger partial charge is 0.339 e. The third-order valence-electron chi connectivity index (χ3n) is 3.69. The highest BCUT2D eigenvalue weighted by atomic mass is 16.2. The van der Waals surface area contributed by atoms with Crippen molar-refractivity contribution in [2.75, 3.05) is 6.54 Å². The van der Waals surface area contributed by atoms with Gasteiger partial charge in [0.2, 0.25) is 5.91 Å². The van der Waals surface area contributed by atoms with Gasteiger partial charge in [-0.15, -0.1) is 0 Å². The standard InChI is InChI=1S/C11H20N2O/c1-8-7-9(12)3-6-13(8)10(14)11(2)4-5-11/h8-9H,3-7,12H2,1-2H3. The molecule has 1 heterocycles. The SMILES string of the molecule is CC1CC(N)CCN1C(=O)C1(C)CC1. The van der Waals surface area contributed by atoms with Gasteiger partial charge in [0.15, 0.2) is 0 Å². The molecule has 2 aliphatic rings. The fourth-order valence-corrected chi connectivity index (χ4v) is 2.26. The molecule has 2 rings (SSSR count). The number of nitrogens with zero attached hydrogens (tertiary/aromatic N) is 1. The lowest BCUT2D eigenvalue weighted by molar-refractivity contribution is -0.139. The highest BCUT2D eigenvalue weighted by Gasteiger charge is 2.48. The highest BCUT2D eigenvalue weighted by Crippen LogP contribution is 2.47. The number of carbonyl (C=O) groups excluding carboxylic acids is 1. The van der Waals surface area contributed by atoms with Gasteiger partial charge >= 0.3 is 0 Å². The number of likely N-dealkylation sites (tertiary alicyclic amines) is 1. The summed E-state index contributed by atoms with van der Waals surface area (Å²) >= 11 is 0. The second-order valence-corrected chi connectivity index (χ2v) is 5.19. The Morgan fingerprint density at radius 3 is 2.64 bits per heavy atom. The maximum atomic E-state index is 12.1. The smallest absolute Gasteiger partial charge is 0.228 e. The van der Waals surface area contributed by atoms with Gasteiger partial charge < -0.3 is 10.6 Å². The molecule has 0 spiro atoms. The molecule has 0 aromatic carbocycles. The molecule has 2 atom stereocenters. The van der Waals surface area contributed by atoms with Gasteiger partial charge in [-0.25, -0.2) is 0 Å². The fourth-order valence-electron chi connectivity index (χ4n) is 2.26. The van der Waals surface area contributed by atoms with Crippen LogP contribution in [0.1, 0.15) is 39.5 Å². The lowest BCUT2D eigenvalue weighted by Gasteiger charge is -2.38. The van der Waals surface area contributed by atoms with E-state index in [4.69, 9.17) is 5.73 Å². The second kappa shape index (κ2) is 3.23. The van der Waals surface area contributed by atoms with Crippen LogP contribution in [-0.4, -0.2) is 29.4 Å². The monoisotopic (exact) mass is 196 g/mol. The molecule has 1 amide bonds. The summed E-state index contributed by atoms with van der Waals surface area (Å²) < 4.78 is 0. The van der Waals surface area contributed by atoms with Gasteiger partial charge in [-0.05, 0) is 32.6 Å². The predicted molar refractivity (Wildman–Crippen MR) is 55.7 cm³/mol. The van der Waals surface area contributed by atoms with Crippen LogP contribution in [0.3, 0.4) is 0 Å². The Morgan fingerprint density at radius 1 is 1.50 bits per heavy atom. The number of piperidine rings is 1. The summed E-state index contributed by atoms with van der Waals surface area (Å²) in [5, 5.41) is 0. The zero-order valence-electron chi connectivity index (χ0n) is 9.12. The Kier molecular flexibility index (Phi) is 2.30. The maximum absolute atomic E-state index is 12.1. The first-order valence-electron chi connectivity index (χ1n) is 5.59.